The van der Waals surface area contributed by atoms with Crippen molar-refractivity contribution in [2.45, 2.75) is 50.2 Å². The Balaban J connectivity index is 1.64. The normalized spacial score (nSPS) is 20.8. The first kappa shape index (κ1) is 17.3. The van der Waals surface area contributed by atoms with Crippen LogP contribution in [0.2, 0.25) is 0 Å². The summed E-state index contributed by atoms with van der Waals surface area (Å²) >= 11 is 0. The van der Waals surface area contributed by atoms with Crippen LogP contribution in [0.25, 0.3) is 0 Å². The fourth-order valence-corrected chi connectivity index (χ4v) is 3.41. The highest BCUT2D eigenvalue weighted by Gasteiger charge is 2.41. The van der Waals surface area contributed by atoms with Gasteiger partial charge in [-0.3, -0.25) is 4.79 Å². The Kier molecular flexibility index (Phi) is 5.15. The van der Waals surface area contributed by atoms with Gasteiger partial charge in [0.1, 0.15) is 11.6 Å². The van der Waals surface area contributed by atoms with E-state index in [1.165, 1.54) is 6.07 Å². The molecule has 1 amide bonds. The molecule has 2 fully saturated rings. The van der Waals surface area contributed by atoms with Crippen molar-refractivity contribution in [2.75, 3.05) is 13.1 Å². The summed E-state index contributed by atoms with van der Waals surface area (Å²) in [5.41, 5.74) is -1.09. The van der Waals surface area contributed by atoms with Gasteiger partial charge in [-0.1, -0.05) is 18.9 Å². The van der Waals surface area contributed by atoms with Crippen molar-refractivity contribution >= 4 is 5.91 Å². The fourth-order valence-electron chi connectivity index (χ4n) is 3.41. The molecule has 2 aliphatic carbocycles. The monoisotopic (exact) mass is 338 g/mol. The first-order valence-corrected chi connectivity index (χ1v) is 8.67. The molecule has 24 heavy (non-hydrogen) atoms. The second kappa shape index (κ2) is 7.15. The average molecular weight is 338 g/mol. The molecule has 6 heteroatoms. The van der Waals surface area contributed by atoms with Crippen LogP contribution in [-0.4, -0.2) is 29.6 Å². The number of aliphatic hydroxyl groups is 1. The third-order valence-electron chi connectivity index (χ3n) is 5.11. The Morgan fingerprint density at radius 1 is 1.25 bits per heavy atom. The van der Waals surface area contributed by atoms with Crippen molar-refractivity contribution in [3.05, 3.63) is 35.4 Å². The molecule has 1 atom stereocenters. The van der Waals surface area contributed by atoms with Crippen LogP contribution in [0, 0.1) is 17.6 Å². The maximum atomic E-state index is 13.8. The molecule has 3 rings (SSSR count). The molecule has 0 radical (unpaired) electrons. The number of hydrogen-bond acceptors (Lipinski definition) is 3. The number of amides is 1. The second-order valence-corrected chi connectivity index (χ2v) is 6.97. The number of nitrogens with one attached hydrogen (secondary N) is 2. The van der Waals surface area contributed by atoms with E-state index >= 15 is 0 Å². The van der Waals surface area contributed by atoms with E-state index in [1.54, 1.807) is 0 Å². The summed E-state index contributed by atoms with van der Waals surface area (Å²) in [5, 5.41) is 16.3. The number of hydrogen-bond donors (Lipinski definition) is 3. The first-order chi connectivity index (χ1) is 11.5. The average Bonchev–Trinajstić information content (AvgIpc) is 3.26. The van der Waals surface area contributed by atoms with Gasteiger partial charge in [-0.25, -0.2) is 8.78 Å². The lowest BCUT2D eigenvalue weighted by Gasteiger charge is -2.30. The van der Waals surface area contributed by atoms with Gasteiger partial charge in [0.15, 0.2) is 0 Å². The van der Waals surface area contributed by atoms with E-state index in [0.29, 0.717) is 25.3 Å². The molecule has 3 N–H and O–H groups in total. The Morgan fingerprint density at radius 2 is 1.88 bits per heavy atom. The molecule has 2 saturated carbocycles. The maximum absolute atomic E-state index is 13.8. The van der Waals surface area contributed by atoms with E-state index < -0.39 is 23.3 Å². The third kappa shape index (κ3) is 3.75. The lowest BCUT2D eigenvalue weighted by Crippen LogP contribution is -2.56. The maximum Gasteiger partial charge on any atom is 0.240 e. The molecule has 0 bridgehead atoms. The number of halogens is 2. The number of rotatable bonds is 7. The predicted octanol–water partition coefficient (Wildman–Crippen LogP) is 2.43. The summed E-state index contributed by atoms with van der Waals surface area (Å²) in [4.78, 5) is 12.6. The van der Waals surface area contributed by atoms with Gasteiger partial charge in [-0.2, -0.15) is 0 Å². The van der Waals surface area contributed by atoms with Gasteiger partial charge < -0.3 is 15.7 Å². The molecule has 132 valence electrons. The van der Waals surface area contributed by atoms with Crippen molar-refractivity contribution < 1.29 is 18.7 Å². The van der Waals surface area contributed by atoms with Crippen LogP contribution < -0.4 is 10.6 Å². The largest absolute Gasteiger partial charge is 0.387 e. The topological polar surface area (TPSA) is 61.4 Å². The minimum Gasteiger partial charge on any atom is -0.387 e. The third-order valence-corrected chi connectivity index (χ3v) is 5.11. The van der Waals surface area contributed by atoms with Gasteiger partial charge in [-0.05, 0) is 43.7 Å². The highest BCUT2D eigenvalue weighted by atomic mass is 19.1. The SMILES string of the molecule is O=C(NCC1CC1)C1(NCC(O)c2c(F)cccc2F)CCCC1. The predicted molar refractivity (Wildman–Crippen MR) is 86.3 cm³/mol. The summed E-state index contributed by atoms with van der Waals surface area (Å²) in [6.07, 6.45) is 4.19. The molecule has 0 aromatic heterocycles. The molecule has 2 aliphatic rings. The molecular weight excluding hydrogens is 314 g/mol. The summed E-state index contributed by atoms with van der Waals surface area (Å²) in [6, 6.07) is 3.50. The van der Waals surface area contributed by atoms with E-state index in [4.69, 9.17) is 0 Å². The van der Waals surface area contributed by atoms with E-state index in [2.05, 4.69) is 10.6 Å². The van der Waals surface area contributed by atoms with Crippen LogP contribution in [-0.2, 0) is 4.79 Å². The van der Waals surface area contributed by atoms with Gasteiger partial charge in [0.05, 0.1) is 17.2 Å². The van der Waals surface area contributed by atoms with E-state index in [1.807, 2.05) is 0 Å². The van der Waals surface area contributed by atoms with Crippen LogP contribution in [0.4, 0.5) is 8.78 Å². The standard InChI is InChI=1S/C18H24F2N2O2/c19-13-4-3-5-14(20)16(13)15(23)11-22-18(8-1-2-9-18)17(24)21-10-12-6-7-12/h3-5,12,15,22-23H,1-2,6-11H2,(H,21,24). The molecule has 0 saturated heterocycles. The minimum atomic E-state index is -1.33. The Hall–Kier alpha value is -1.53. The van der Waals surface area contributed by atoms with Crippen molar-refractivity contribution in [2.24, 2.45) is 5.92 Å². The zero-order valence-electron chi connectivity index (χ0n) is 13.7. The molecule has 0 aliphatic heterocycles. The van der Waals surface area contributed by atoms with E-state index in [-0.39, 0.29) is 18.0 Å². The van der Waals surface area contributed by atoms with Gasteiger partial charge in [-0.15, -0.1) is 0 Å². The lowest BCUT2D eigenvalue weighted by atomic mass is 9.95. The Bertz CT molecular complexity index is 578. The van der Waals surface area contributed by atoms with E-state index in [0.717, 1.165) is 37.8 Å². The molecule has 1 aromatic carbocycles. The highest BCUT2D eigenvalue weighted by molar-refractivity contribution is 5.86. The summed E-state index contributed by atoms with van der Waals surface area (Å²) in [5.74, 6) is -1.02. The van der Waals surface area contributed by atoms with Crippen LogP contribution in [0.3, 0.4) is 0 Å². The Labute approximate surface area is 140 Å². The zero-order valence-corrected chi connectivity index (χ0v) is 13.7. The fraction of sp³-hybridized carbons (Fsp3) is 0.611. The van der Waals surface area contributed by atoms with Gasteiger partial charge >= 0.3 is 0 Å². The number of carbonyl (C=O) groups excluding carboxylic acids is 1. The smallest absolute Gasteiger partial charge is 0.240 e. The van der Waals surface area contributed by atoms with Crippen LogP contribution >= 0.6 is 0 Å². The van der Waals surface area contributed by atoms with Crippen LogP contribution in [0.1, 0.15) is 50.2 Å². The molecular formula is C18H24F2N2O2. The van der Waals surface area contributed by atoms with Crippen LogP contribution in [0.5, 0.6) is 0 Å². The van der Waals surface area contributed by atoms with Crippen molar-refractivity contribution in [3.63, 3.8) is 0 Å². The molecule has 1 unspecified atom stereocenters. The number of β-amino-alcohol motifs (C(OH)–C–C–N with tert-alkyl or cyclic N) is 1. The van der Waals surface area contributed by atoms with Gasteiger partial charge in [0, 0.05) is 13.1 Å². The molecule has 4 nitrogen and oxygen atoms in total. The molecule has 0 spiro atoms. The second-order valence-electron chi connectivity index (χ2n) is 6.97. The van der Waals surface area contributed by atoms with Gasteiger partial charge in [0.2, 0.25) is 5.91 Å². The quantitative estimate of drug-likeness (QED) is 0.716. The number of benzene rings is 1. The van der Waals surface area contributed by atoms with E-state index in [9.17, 15) is 18.7 Å². The summed E-state index contributed by atoms with van der Waals surface area (Å²) in [7, 11) is 0. The van der Waals surface area contributed by atoms with Crippen molar-refractivity contribution in [3.8, 4) is 0 Å². The van der Waals surface area contributed by atoms with Crippen molar-refractivity contribution in [1.82, 2.24) is 10.6 Å². The lowest BCUT2D eigenvalue weighted by molar-refractivity contribution is -0.127. The minimum absolute atomic E-state index is 0.0608. The molecule has 0 heterocycles. The molecule has 1 aromatic rings. The zero-order chi connectivity index (χ0) is 17.2. The number of carbonyl (C=O) groups is 1. The highest BCUT2D eigenvalue weighted by Crippen LogP contribution is 2.32. The van der Waals surface area contributed by atoms with Gasteiger partial charge in [0.25, 0.3) is 0 Å². The summed E-state index contributed by atoms with van der Waals surface area (Å²) < 4.78 is 27.5. The number of aliphatic hydroxyl groups excluding tert-OH is 1. The Morgan fingerprint density at radius 3 is 2.46 bits per heavy atom. The first-order valence-electron chi connectivity index (χ1n) is 8.67. The summed E-state index contributed by atoms with van der Waals surface area (Å²) in [6.45, 7) is 0.626. The van der Waals surface area contributed by atoms with Crippen molar-refractivity contribution in [1.29, 1.82) is 0 Å². The van der Waals surface area contributed by atoms with Crippen LogP contribution in [0.15, 0.2) is 18.2 Å².